The van der Waals surface area contributed by atoms with E-state index >= 15 is 0 Å². The fraction of sp³-hybridized carbons (Fsp3) is 0.250. The molecule has 23 heavy (non-hydrogen) atoms. The lowest BCUT2D eigenvalue weighted by Gasteiger charge is -2.29. The van der Waals surface area contributed by atoms with Crippen LogP contribution in [0.1, 0.15) is 11.1 Å². The van der Waals surface area contributed by atoms with Gasteiger partial charge in [0.15, 0.2) is 0 Å². The summed E-state index contributed by atoms with van der Waals surface area (Å²) < 4.78 is 28.4. The van der Waals surface area contributed by atoms with Crippen LogP contribution in [-0.4, -0.2) is 22.0 Å². The maximum Gasteiger partial charge on any atom is 0.322 e. The van der Waals surface area contributed by atoms with Crippen LogP contribution in [0.2, 0.25) is 0 Å². The largest absolute Gasteiger partial charge is 0.322 e. The highest BCUT2D eigenvalue weighted by molar-refractivity contribution is 5.89. The number of amides is 2. The maximum absolute atomic E-state index is 13.7. The smallest absolute Gasteiger partial charge is 0.320 e. The van der Waals surface area contributed by atoms with Gasteiger partial charge in [-0.3, -0.25) is 4.79 Å². The summed E-state index contributed by atoms with van der Waals surface area (Å²) in [6, 6.07) is 4.77. The SMILES string of the molecule is Cn1cccc(NC(=O)N2CCc3c(F)cc(F)cc3C2)c1=O. The molecule has 1 aliphatic heterocycles. The van der Waals surface area contributed by atoms with Gasteiger partial charge in [0.1, 0.15) is 17.3 Å². The summed E-state index contributed by atoms with van der Waals surface area (Å²) in [6.45, 7) is 0.400. The highest BCUT2D eigenvalue weighted by Gasteiger charge is 2.24. The highest BCUT2D eigenvalue weighted by Crippen LogP contribution is 2.23. The van der Waals surface area contributed by atoms with E-state index in [0.29, 0.717) is 24.1 Å². The first-order chi connectivity index (χ1) is 11.0. The number of benzene rings is 1. The van der Waals surface area contributed by atoms with Gasteiger partial charge in [-0.1, -0.05) is 0 Å². The standard InChI is InChI=1S/C16H15F2N3O2/c1-20-5-2-3-14(15(20)22)19-16(23)21-6-4-12-10(9-21)7-11(17)8-13(12)18/h2-3,5,7-8H,4,6,9H2,1H3,(H,19,23). The number of nitrogens with one attached hydrogen (secondary N) is 1. The second-order valence-electron chi connectivity index (χ2n) is 5.46. The number of fused-ring (bicyclic) bond motifs is 1. The van der Waals surface area contributed by atoms with Gasteiger partial charge in [0, 0.05) is 32.4 Å². The second kappa shape index (κ2) is 5.83. The van der Waals surface area contributed by atoms with Gasteiger partial charge in [-0.2, -0.15) is 0 Å². The molecule has 0 bridgehead atoms. The first kappa shape index (κ1) is 15.2. The summed E-state index contributed by atoms with van der Waals surface area (Å²) in [5, 5.41) is 2.55. The van der Waals surface area contributed by atoms with Gasteiger partial charge in [-0.15, -0.1) is 0 Å². The minimum absolute atomic E-state index is 0.100. The number of pyridine rings is 1. The van der Waals surface area contributed by atoms with E-state index in [2.05, 4.69) is 5.32 Å². The zero-order valence-corrected chi connectivity index (χ0v) is 12.5. The average Bonchev–Trinajstić information content (AvgIpc) is 2.51. The van der Waals surface area contributed by atoms with Crippen molar-refractivity contribution in [3.05, 3.63) is 63.6 Å². The van der Waals surface area contributed by atoms with E-state index in [4.69, 9.17) is 0 Å². The molecule has 0 saturated heterocycles. The Morgan fingerprint density at radius 2 is 2.09 bits per heavy atom. The quantitative estimate of drug-likeness (QED) is 0.876. The molecule has 0 radical (unpaired) electrons. The molecule has 1 aromatic heterocycles. The Morgan fingerprint density at radius 1 is 1.30 bits per heavy atom. The van der Waals surface area contributed by atoms with Crippen molar-refractivity contribution in [1.82, 2.24) is 9.47 Å². The third kappa shape index (κ3) is 2.94. The van der Waals surface area contributed by atoms with Crippen LogP contribution in [0.5, 0.6) is 0 Å². The molecular weight excluding hydrogens is 304 g/mol. The van der Waals surface area contributed by atoms with E-state index in [-0.39, 0.29) is 17.8 Å². The third-order valence-corrected chi connectivity index (χ3v) is 3.90. The zero-order valence-electron chi connectivity index (χ0n) is 12.5. The lowest BCUT2D eigenvalue weighted by Crippen LogP contribution is -2.40. The van der Waals surface area contributed by atoms with E-state index in [1.54, 1.807) is 19.3 Å². The molecule has 0 spiro atoms. The summed E-state index contributed by atoms with van der Waals surface area (Å²) in [4.78, 5) is 25.6. The van der Waals surface area contributed by atoms with Crippen LogP contribution in [0.25, 0.3) is 0 Å². The van der Waals surface area contributed by atoms with Crippen molar-refractivity contribution >= 4 is 11.7 Å². The topological polar surface area (TPSA) is 54.3 Å². The van der Waals surface area contributed by atoms with Crippen molar-refractivity contribution in [1.29, 1.82) is 0 Å². The summed E-state index contributed by atoms with van der Waals surface area (Å²) in [5.74, 6) is -1.25. The molecular formula is C16H15F2N3O2. The number of carbonyl (C=O) groups excluding carboxylic acids is 1. The average molecular weight is 319 g/mol. The number of hydrogen-bond acceptors (Lipinski definition) is 2. The second-order valence-corrected chi connectivity index (χ2v) is 5.46. The van der Waals surface area contributed by atoms with Crippen LogP contribution in [0.3, 0.4) is 0 Å². The predicted octanol–water partition coefficient (Wildman–Crippen LogP) is 2.25. The molecule has 0 unspecified atom stereocenters. The van der Waals surface area contributed by atoms with Crippen molar-refractivity contribution < 1.29 is 13.6 Å². The molecule has 3 rings (SSSR count). The molecule has 0 atom stereocenters. The Hall–Kier alpha value is -2.70. The molecule has 7 heteroatoms. The molecule has 1 N–H and O–H groups in total. The third-order valence-electron chi connectivity index (χ3n) is 3.90. The van der Waals surface area contributed by atoms with Crippen molar-refractivity contribution in [2.45, 2.75) is 13.0 Å². The molecule has 2 amide bonds. The van der Waals surface area contributed by atoms with Crippen molar-refractivity contribution in [2.24, 2.45) is 7.05 Å². The molecule has 5 nitrogen and oxygen atoms in total. The Bertz CT molecular complexity index is 833. The summed E-state index contributed by atoms with van der Waals surface area (Å²) in [7, 11) is 1.58. The number of nitrogens with zero attached hydrogens (tertiary/aromatic N) is 2. The van der Waals surface area contributed by atoms with Gasteiger partial charge in [0.25, 0.3) is 5.56 Å². The molecule has 2 heterocycles. The van der Waals surface area contributed by atoms with Crippen LogP contribution in [0.15, 0.2) is 35.3 Å². The van der Waals surface area contributed by atoms with Crippen LogP contribution < -0.4 is 10.9 Å². The summed E-state index contributed by atoms with van der Waals surface area (Å²) >= 11 is 0. The minimum Gasteiger partial charge on any atom is -0.320 e. The zero-order chi connectivity index (χ0) is 16.6. The van der Waals surface area contributed by atoms with Gasteiger partial charge < -0.3 is 14.8 Å². The normalized spacial score (nSPS) is 13.6. The molecule has 1 aliphatic rings. The summed E-state index contributed by atoms with van der Waals surface area (Å²) in [5.41, 5.74) is 0.725. The van der Waals surface area contributed by atoms with Gasteiger partial charge in [-0.05, 0) is 35.7 Å². The van der Waals surface area contributed by atoms with Crippen molar-refractivity contribution in [3.8, 4) is 0 Å². The Labute approximate surface area is 131 Å². The molecule has 120 valence electrons. The summed E-state index contributed by atoms with van der Waals surface area (Å²) in [6.07, 6.45) is 1.89. The highest BCUT2D eigenvalue weighted by atomic mass is 19.1. The van der Waals surface area contributed by atoms with Crippen LogP contribution in [0, 0.1) is 11.6 Å². The number of anilines is 1. The van der Waals surface area contributed by atoms with E-state index in [0.717, 1.165) is 6.07 Å². The lowest BCUT2D eigenvalue weighted by atomic mass is 9.99. The van der Waals surface area contributed by atoms with E-state index in [1.165, 1.54) is 21.6 Å². The van der Waals surface area contributed by atoms with E-state index in [9.17, 15) is 18.4 Å². The molecule has 1 aromatic carbocycles. The molecule has 0 fully saturated rings. The van der Waals surface area contributed by atoms with Gasteiger partial charge in [0.05, 0.1) is 0 Å². The van der Waals surface area contributed by atoms with Crippen molar-refractivity contribution in [3.63, 3.8) is 0 Å². The van der Waals surface area contributed by atoms with E-state index in [1.807, 2.05) is 0 Å². The Kier molecular flexibility index (Phi) is 3.85. The number of halogens is 2. The van der Waals surface area contributed by atoms with Crippen LogP contribution in [-0.2, 0) is 20.0 Å². The first-order valence-corrected chi connectivity index (χ1v) is 7.14. The Balaban J connectivity index is 1.79. The number of carbonyl (C=O) groups is 1. The monoisotopic (exact) mass is 319 g/mol. The fourth-order valence-corrected chi connectivity index (χ4v) is 2.67. The number of rotatable bonds is 1. The number of aryl methyl sites for hydroxylation is 1. The lowest BCUT2D eigenvalue weighted by molar-refractivity contribution is 0.205. The number of hydrogen-bond donors (Lipinski definition) is 1. The van der Waals surface area contributed by atoms with Gasteiger partial charge in [-0.25, -0.2) is 13.6 Å². The minimum atomic E-state index is -0.666. The molecule has 0 saturated carbocycles. The number of aromatic nitrogens is 1. The first-order valence-electron chi connectivity index (χ1n) is 7.14. The van der Waals surface area contributed by atoms with Crippen LogP contribution in [0.4, 0.5) is 19.3 Å². The van der Waals surface area contributed by atoms with Gasteiger partial charge >= 0.3 is 6.03 Å². The molecule has 2 aromatic rings. The van der Waals surface area contributed by atoms with E-state index < -0.39 is 17.7 Å². The predicted molar refractivity (Wildman–Crippen MR) is 81.2 cm³/mol. The van der Waals surface area contributed by atoms with Crippen molar-refractivity contribution in [2.75, 3.05) is 11.9 Å². The maximum atomic E-state index is 13.7. The van der Waals surface area contributed by atoms with Crippen LogP contribution >= 0.6 is 0 Å². The van der Waals surface area contributed by atoms with Gasteiger partial charge in [0.2, 0.25) is 0 Å². The Morgan fingerprint density at radius 3 is 2.87 bits per heavy atom. The molecule has 0 aliphatic carbocycles. The fourth-order valence-electron chi connectivity index (χ4n) is 2.67. The number of urea groups is 1.